The highest BCUT2D eigenvalue weighted by Crippen LogP contribution is 2.27. The maximum Gasteiger partial charge on any atom is 0.178 e. The molecule has 1 unspecified atom stereocenters. The number of nitrogens with one attached hydrogen (secondary N) is 1. The molecule has 1 saturated heterocycles. The van der Waals surface area contributed by atoms with E-state index in [-0.39, 0.29) is 5.75 Å². The Balaban J connectivity index is 1.34. The van der Waals surface area contributed by atoms with Crippen LogP contribution in [0.1, 0.15) is 44.5 Å². The van der Waals surface area contributed by atoms with Crippen LogP contribution in [0.4, 0.5) is 5.69 Å². The number of fused-ring (bicyclic) bond motifs is 1. The fraction of sp³-hybridized carbons (Fsp3) is 0.550. The van der Waals surface area contributed by atoms with Crippen molar-refractivity contribution in [1.29, 1.82) is 0 Å². The first-order chi connectivity index (χ1) is 13.1. The highest BCUT2D eigenvalue weighted by Gasteiger charge is 2.26. The first-order valence-corrected chi connectivity index (χ1v) is 11.6. The first kappa shape index (κ1) is 18.5. The van der Waals surface area contributed by atoms with Gasteiger partial charge in [0.05, 0.1) is 16.7 Å². The van der Waals surface area contributed by atoms with Gasteiger partial charge in [-0.2, -0.15) is 0 Å². The average molecular weight is 389 g/mol. The van der Waals surface area contributed by atoms with E-state index in [2.05, 4.69) is 26.0 Å². The van der Waals surface area contributed by atoms with Crippen molar-refractivity contribution < 1.29 is 8.42 Å². The molecule has 2 aliphatic heterocycles. The van der Waals surface area contributed by atoms with E-state index in [1.165, 1.54) is 12.2 Å². The SMILES string of the molecule is CCS(=O)(=O)c1ccc(N2CCC(NC3CCCn4ccnc43)CC2)cc1. The molecule has 1 atom stereocenters. The fourth-order valence-corrected chi connectivity index (χ4v) is 5.08. The van der Waals surface area contributed by atoms with E-state index in [1.807, 2.05) is 18.3 Å². The summed E-state index contributed by atoms with van der Waals surface area (Å²) in [5.74, 6) is 1.32. The van der Waals surface area contributed by atoms with Crippen molar-refractivity contribution in [2.45, 2.75) is 56.1 Å². The maximum absolute atomic E-state index is 12.0. The molecule has 0 bridgehead atoms. The molecule has 27 heavy (non-hydrogen) atoms. The van der Waals surface area contributed by atoms with Gasteiger partial charge >= 0.3 is 0 Å². The van der Waals surface area contributed by atoms with Crippen LogP contribution in [0.25, 0.3) is 0 Å². The first-order valence-electron chi connectivity index (χ1n) is 9.91. The van der Waals surface area contributed by atoms with Crippen LogP contribution in [-0.4, -0.2) is 42.9 Å². The number of hydrogen-bond donors (Lipinski definition) is 1. The summed E-state index contributed by atoms with van der Waals surface area (Å²) in [5.41, 5.74) is 1.11. The largest absolute Gasteiger partial charge is 0.371 e. The molecule has 1 fully saturated rings. The fourth-order valence-electron chi connectivity index (χ4n) is 4.19. The van der Waals surface area contributed by atoms with E-state index in [9.17, 15) is 8.42 Å². The molecule has 2 aromatic rings. The number of rotatable bonds is 5. The lowest BCUT2D eigenvalue weighted by Gasteiger charge is -2.36. The smallest absolute Gasteiger partial charge is 0.178 e. The zero-order valence-electron chi connectivity index (χ0n) is 15.8. The molecule has 1 aromatic carbocycles. The van der Waals surface area contributed by atoms with E-state index >= 15 is 0 Å². The Labute approximate surface area is 161 Å². The van der Waals surface area contributed by atoms with Crippen LogP contribution in [0.5, 0.6) is 0 Å². The van der Waals surface area contributed by atoms with E-state index in [0.717, 1.165) is 44.6 Å². The molecule has 1 N–H and O–H groups in total. The predicted octanol–water partition coefficient (Wildman–Crippen LogP) is 2.77. The Kier molecular flexibility index (Phi) is 5.23. The molecule has 0 radical (unpaired) electrons. The second-order valence-corrected chi connectivity index (χ2v) is 9.78. The van der Waals surface area contributed by atoms with E-state index in [1.54, 1.807) is 19.1 Å². The summed E-state index contributed by atoms with van der Waals surface area (Å²) in [6, 6.07) is 8.22. The molecule has 4 rings (SSSR count). The minimum atomic E-state index is -3.13. The third-order valence-corrected chi connectivity index (χ3v) is 7.57. The number of benzene rings is 1. The lowest BCUT2D eigenvalue weighted by atomic mass is 10.00. The van der Waals surface area contributed by atoms with Crippen molar-refractivity contribution >= 4 is 15.5 Å². The molecule has 1 aromatic heterocycles. The zero-order chi connectivity index (χ0) is 18.9. The molecule has 2 aliphatic rings. The quantitative estimate of drug-likeness (QED) is 0.853. The van der Waals surface area contributed by atoms with Gasteiger partial charge in [-0.05, 0) is 49.9 Å². The van der Waals surface area contributed by atoms with Crippen molar-refractivity contribution in [3.05, 3.63) is 42.5 Å². The number of nitrogens with zero attached hydrogens (tertiary/aromatic N) is 3. The second-order valence-electron chi connectivity index (χ2n) is 7.50. The van der Waals surface area contributed by atoms with Crippen LogP contribution < -0.4 is 10.2 Å². The van der Waals surface area contributed by atoms with Crippen molar-refractivity contribution in [2.75, 3.05) is 23.7 Å². The van der Waals surface area contributed by atoms with Crippen molar-refractivity contribution in [3.8, 4) is 0 Å². The predicted molar refractivity (Wildman–Crippen MR) is 107 cm³/mol. The Morgan fingerprint density at radius 1 is 1.11 bits per heavy atom. The lowest BCUT2D eigenvalue weighted by Crippen LogP contribution is -2.44. The van der Waals surface area contributed by atoms with Gasteiger partial charge in [-0.3, -0.25) is 0 Å². The van der Waals surface area contributed by atoms with Crippen molar-refractivity contribution in [3.63, 3.8) is 0 Å². The molecule has 3 heterocycles. The van der Waals surface area contributed by atoms with Gasteiger partial charge in [-0.25, -0.2) is 13.4 Å². The highest BCUT2D eigenvalue weighted by molar-refractivity contribution is 7.91. The number of piperidine rings is 1. The Morgan fingerprint density at radius 3 is 2.56 bits per heavy atom. The molecule has 0 saturated carbocycles. The summed E-state index contributed by atoms with van der Waals surface area (Å²) in [5, 5.41) is 3.82. The van der Waals surface area contributed by atoms with Gasteiger partial charge in [0.15, 0.2) is 9.84 Å². The third-order valence-electron chi connectivity index (χ3n) is 5.82. The van der Waals surface area contributed by atoms with Gasteiger partial charge in [0.2, 0.25) is 0 Å². The molecule has 7 heteroatoms. The summed E-state index contributed by atoms with van der Waals surface area (Å²) >= 11 is 0. The minimum absolute atomic E-state index is 0.142. The summed E-state index contributed by atoms with van der Waals surface area (Å²) in [7, 11) is -3.13. The van der Waals surface area contributed by atoms with Crippen molar-refractivity contribution in [2.24, 2.45) is 0 Å². The van der Waals surface area contributed by atoms with Gasteiger partial charge in [0.1, 0.15) is 5.82 Å². The number of hydrogen-bond acceptors (Lipinski definition) is 5. The van der Waals surface area contributed by atoms with Gasteiger partial charge in [-0.1, -0.05) is 6.92 Å². The Bertz CT molecular complexity index is 868. The molecular weight excluding hydrogens is 360 g/mol. The van der Waals surface area contributed by atoms with E-state index in [4.69, 9.17) is 0 Å². The van der Waals surface area contributed by atoms with Gasteiger partial charge in [0.25, 0.3) is 0 Å². The zero-order valence-corrected chi connectivity index (χ0v) is 16.7. The third kappa shape index (κ3) is 3.89. The Morgan fingerprint density at radius 2 is 1.85 bits per heavy atom. The highest BCUT2D eigenvalue weighted by atomic mass is 32.2. The Hall–Kier alpha value is -1.86. The van der Waals surface area contributed by atoms with Crippen LogP contribution in [0.3, 0.4) is 0 Å². The van der Waals surface area contributed by atoms with E-state index < -0.39 is 9.84 Å². The second kappa shape index (κ2) is 7.64. The normalized spacial score (nSPS) is 21.2. The lowest BCUT2D eigenvalue weighted by molar-refractivity contribution is 0.315. The molecule has 146 valence electrons. The molecule has 6 nitrogen and oxygen atoms in total. The number of aryl methyl sites for hydroxylation is 1. The van der Waals surface area contributed by atoms with Crippen LogP contribution in [0.2, 0.25) is 0 Å². The van der Waals surface area contributed by atoms with Gasteiger partial charge in [0, 0.05) is 43.8 Å². The number of aromatic nitrogens is 2. The van der Waals surface area contributed by atoms with Gasteiger partial charge in [-0.15, -0.1) is 0 Å². The maximum atomic E-state index is 12.0. The van der Waals surface area contributed by atoms with Crippen LogP contribution in [0, 0.1) is 0 Å². The van der Waals surface area contributed by atoms with Crippen LogP contribution in [-0.2, 0) is 16.4 Å². The van der Waals surface area contributed by atoms with Crippen LogP contribution >= 0.6 is 0 Å². The van der Waals surface area contributed by atoms with Gasteiger partial charge < -0.3 is 14.8 Å². The number of sulfone groups is 1. The summed E-state index contributed by atoms with van der Waals surface area (Å²) < 4.78 is 26.2. The molecule has 0 spiro atoms. The summed E-state index contributed by atoms with van der Waals surface area (Å²) in [4.78, 5) is 7.31. The molecule has 0 amide bonds. The number of anilines is 1. The minimum Gasteiger partial charge on any atom is -0.371 e. The topological polar surface area (TPSA) is 67.2 Å². The summed E-state index contributed by atoms with van der Waals surface area (Å²) in [6.07, 6.45) is 8.52. The standard InChI is InChI=1S/C20H28N4O2S/c1-2-27(25,26)18-7-5-17(6-8-18)23-13-9-16(10-14-23)22-19-4-3-12-24-15-11-21-20(19)24/h5-8,11,15-16,19,22H,2-4,9-10,12-14H2,1H3. The van der Waals surface area contributed by atoms with Crippen LogP contribution in [0.15, 0.2) is 41.6 Å². The molecular formula is C20H28N4O2S. The summed E-state index contributed by atoms with van der Waals surface area (Å²) in [6.45, 7) is 4.73. The molecule has 0 aliphatic carbocycles. The monoisotopic (exact) mass is 388 g/mol. The van der Waals surface area contributed by atoms with E-state index in [0.29, 0.717) is 17.0 Å². The van der Waals surface area contributed by atoms with Crippen molar-refractivity contribution in [1.82, 2.24) is 14.9 Å². The number of imidazole rings is 1. The average Bonchev–Trinajstić information content (AvgIpc) is 3.19.